The van der Waals surface area contributed by atoms with Gasteiger partial charge in [0.25, 0.3) is 0 Å². The summed E-state index contributed by atoms with van der Waals surface area (Å²) in [4.78, 5) is 7.68. The summed E-state index contributed by atoms with van der Waals surface area (Å²) in [5.41, 5.74) is 0.0709. The monoisotopic (exact) mass is 282 g/mol. The molecule has 1 aromatic heterocycles. The van der Waals surface area contributed by atoms with Gasteiger partial charge in [-0.25, -0.2) is 18.2 Å². The number of nitrogens with zero attached hydrogens (tertiary/aromatic N) is 2. The number of anilines is 3. The van der Waals surface area contributed by atoms with Crippen LogP contribution >= 0.6 is 0 Å². The molecule has 0 amide bonds. The van der Waals surface area contributed by atoms with Gasteiger partial charge in [-0.2, -0.15) is 4.98 Å². The van der Waals surface area contributed by atoms with Crippen LogP contribution in [-0.4, -0.2) is 16.5 Å². The average Bonchev–Trinajstić information content (AvgIpc) is 2.38. The third kappa shape index (κ3) is 3.59. The highest BCUT2D eigenvalue weighted by Gasteiger charge is 2.08. The number of aromatic nitrogens is 2. The lowest BCUT2D eigenvalue weighted by Gasteiger charge is -2.09. The Bertz CT molecular complexity index is 584. The molecule has 0 aliphatic carbocycles. The van der Waals surface area contributed by atoms with Crippen LogP contribution in [-0.2, 0) is 0 Å². The molecule has 0 saturated carbocycles. The minimum atomic E-state index is -0.758. The smallest absolute Gasteiger partial charge is 0.224 e. The minimum absolute atomic E-state index is 0.0709. The predicted molar refractivity (Wildman–Crippen MR) is 70.4 cm³/mol. The van der Waals surface area contributed by atoms with Gasteiger partial charge >= 0.3 is 0 Å². The molecule has 0 unspecified atom stereocenters. The molecule has 0 radical (unpaired) electrons. The fourth-order valence-electron chi connectivity index (χ4n) is 1.54. The topological polar surface area (TPSA) is 49.8 Å². The van der Waals surface area contributed by atoms with E-state index in [4.69, 9.17) is 0 Å². The molecule has 106 valence electrons. The number of nitrogens with one attached hydrogen (secondary N) is 2. The van der Waals surface area contributed by atoms with Gasteiger partial charge in [0, 0.05) is 18.3 Å². The standard InChI is InChI=1S/C13H13F3N4/c1-2-3-17-13-18-7-11(16)12(20-13)19-10-5-8(14)4-9(15)6-10/h4-7H,2-3H2,1H3,(H2,17,18,19,20). The second-order valence-corrected chi connectivity index (χ2v) is 4.10. The van der Waals surface area contributed by atoms with E-state index in [1.807, 2.05) is 6.92 Å². The molecule has 2 N–H and O–H groups in total. The molecule has 2 rings (SSSR count). The quantitative estimate of drug-likeness (QED) is 0.881. The SMILES string of the molecule is CCCNc1ncc(F)c(Nc2cc(F)cc(F)c2)n1. The van der Waals surface area contributed by atoms with Gasteiger partial charge in [0.15, 0.2) is 11.6 Å². The maximum absolute atomic E-state index is 13.6. The number of hydrogen-bond donors (Lipinski definition) is 2. The zero-order valence-electron chi connectivity index (χ0n) is 10.8. The Morgan fingerprint density at radius 1 is 1.10 bits per heavy atom. The van der Waals surface area contributed by atoms with Crippen LogP contribution in [0.3, 0.4) is 0 Å². The Hall–Kier alpha value is -2.31. The van der Waals surface area contributed by atoms with E-state index in [1.54, 1.807) is 0 Å². The molecule has 7 heteroatoms. The Balaban J connectivity index is 2.23. The van der Waals surface area contributed by atoms with Crippen molar-refractivity contribution in [3.05, 3.63) is 41.8 Å². The highest BCUT2D eigenvalue weighted by atomic mass is 19.1. The molecule has 20 heavy (non-hydrogen) atoms. The summed E-state index contributed by atoms with van der Waals surface area (Å²) in [6, 6.07) is 2.82. The van der Waals surface area contributed by atoms with E-state index >= 15 is 0 Å². The summed E-state index contributed by atoms with van der Waals surface area (Å²) in [6.07, 6.45) is 1.85. The van der Waals surface area contributed by atoms with Gasteiger partial charge in [-0.05, 0) is 18.6 Å². The molecule has 0 fully saturated rings. The van der Waals surface area contributed by atoms with E-state index in [2.05, 4.69) is 20.6 Å². The summed E-state index contributed by atoms with van der Waals surface area (Å²) in [7, 11) is 0. The van der Waals surface area contributed by atoms with Crippen LogP contribution in [0.5, 0.6) is 0 Å². The van der Waals surface area contributed by atoms with Crippen molar-refractivity contribution in [2.24, 2.45) is 0 Å². The third-order valence-corrected chi connectivity index (χ3v) is 2.40. The first-order valence-electron chi connectivity index (χ1n) is 6.08. The van der Waals surface area contributed by atoms with Crippen molar-refractivity contribution < 1.29 is 13.2 Å². The predicted octanol–water partition coefficient (Wildman–Crippen LogP) is 3.46. The average molecular weight is 282 g/mol. The lowest BCUT2D eigenvalue weighted by molar-refractivity contribution is 0.584. The van der Waals surface area contributed by atoms with Crippen LogP contribution < -0.4 is 10.6 Å². The Kier molecular flexibility index (Phi) is 4.39. The third-order valence-electron chi connectivity index (χ3n) is 2.40. The van der Waals surface area contributed by atoms with Gasteiger partial charge in [-0.3, -0.25) is 0 Å². The van der Waals surface area contributed by atoms with E-state index in [0.717, 1.165) is 30.8 Å². The summed E-state index contributed by atoms with van der Waals surface area (Å²) in [5, 5.41) is 5.42. The van der Waals surface area contributed by atoms with Crippen molar-refractivity contribution in [3.63, 3.8) is 0 Å². The van der Waals surface area contributed by atoms with Crippen molar-refractivity contribution >= 4 is 17.5 Å². The molecule has 1 heterocycles. The number of hydrogen-bond acceptors (Lipinski definition) is 4. The van der Waals surface area contributed by atoms with Crippen molar-refractivity contribution in [3.8, 4) is 0 Å². The molecule has 1 aromatic carbocycles. The van der Waals surface area contributed by atoms with Crippen molar-refractivity contribution in [1.29, 1.82) is 0 Å². The Morgan fingerprint density at radius 2 is 1.80 bits per heavy atom. The van der Waals surface area contributed by atoms with Crippen molar-refractivity contribution in [2.45, 2.75) is 13.3 Å². The molecule has 0 bridgehead atoms. The molecular weight excluding hydrogens is 269 g/mol. The summed E-state index contributed by atoms with van der Waals surface area (Å²) >= 11 is 0. The molecule has 0 aliphatic heterocycles. The van der Waals surface area contributed by atoms with Gasteiger partial charge in [-0.15, -0.1) is 0 Å². The summed E-state index contributed by atoms with van der Waals surface area (Å²) in [6.45, 7) is 2.60. The zero-order chi connectivity index (χ0) is 14.5. The van der Waals surface area contributed by atoms with E-state index in [1.165, 1.54) is 0 Å². The van der Waals surface area contributed by atoms with Gasteiger partial charge in [-0.1, -0.05) is 6.92 Å². The second kappa shape index (κ2) is 6.23. The molecule has 0 atom stereocenters. The van der Waals surface area contributed by atoms with Crippen molar-refractivity contribution in [1.82, 2.24) is 9.97 Å². The fraction of sp³-hybridized carbons (Fsp3) is 0.231. The van der Waals surface area contributed by atoms with Crippen LogP contribution in [0.2, 0.25) is 0 Å². The number of rotatable bonds is 5. The van der Waals surface area contributed by atoms with Crippen LogP contribution in [0.15, 0.2) is 24.4 Å². The lowest BCUT2D eigenvalue weighted by atomic mass is 10.3. The Labute approximate surface area is 114 Å². The Morgan fingerprint density at radius 3 is 2.45 bits per heavy atom. The van der Waals surface area contributed by atoms with E-state index in [0.29, 0.717) is 6.54 Å². The van der Waals surface area contributed by atoms with Gasteiger partial charge < -0.3 is 10.6 Å². The molecule has 0 saturated heterocycles. The molecule has 0 aliphatic rings. The molecule has 4 nitrogen and oxygen atoms in total. The van der Waals surface area contributed by atoms with E-state index < -0.39 is 17.5 Å². The largest absolute Gasteiger partial charge is 0.354 e. The normalized spacial score (nSPS) is 10.4. The molecule has 0 spiro atoms. The van der Waals surface area contributed by atoms with Gasteiger partial charge in [0.1, 0.15) is 11.6 Å². The lowest BCUT2D eigenvalue weighted by Crippen LogP contribution is -2.07. The maximum Gasteiger partial charge on any atom is 0.224 e. The minimum Gasteiger partial charge on any atom is -0.354 e. The van der Waals surface area contributed by atoms with Crippen LogP contribution in [0.25, 0.3) is 0 Å². The second-order valence-electron chi connectivity index (χ2n) is 4.10. The number of benzene rings is 1. The fourth-order valence-corrected chi connectivity index (χ4v) is 1.54. The molecular formula is C13H13F3N4. The van der Waals surface area contributed by atoms with E-state index in [9.17, 15) is 13.2 Å². The van der Waals surface area contributed by atoms with Crippen LogP contribution in [0, 0.1) is 17.5 Å². The van der Waals surface area contributed by atoms with Crippen LogP contribution in [0.4, 0.5) is 30.6 Å². The van der Waals surface area contributed by atoms with Crippen molar-refractivity contribution in [2.75, 3.05) is 17.2 Å². The summed E-state index contributed by atoms with van der Waals surface area (Å²) in [5.74, 6) is -2.13. The summed E-state index contributed by atoms with van der Waals surface area (Å²) < 4.78 is 39.7. The first-order valence-corrected chi connectivity index (χ1v) is 6.08. The highest BCUT2D eigenvalue weighted by molar-refractivity contribution is 5.57. The first-order chi connectivity index (χ1) is 9.58. The van der Waals surface area contributed by atoms with Gasteiger partial charge in [0.05, 0.1) is 6.20 Å². The first kappa shape index (κ1) is 14.1. The van der Waals surface area contributed by atoms with Gasteiger partial charge in [0.2, 0.25) is 5.95 Å². The number of halogens is 3. The zero-order valence-corrected chi connectivity index (χ0v) is 10.8. The van der Waals surface area contributed by atoms with Crippen LogP contribution in [0.1, 0.15) is 13.3 Å². The highest BCUT2D eigenvalue weighted by Crippen LogP contribution is 2.20. The van der Waals surface area contributed by atoms with E-state index in [-0.39, 0.29) is 17.5 Å². The molecule has 2 aromatic rings. The maximum atomic E-state index is 13.6.